The molecule has 0 saturated carbocycles. The van der Waals surface area contributed by atoms with Crippen LogP contribution >= 0.6 is 15.9 Å². The number of hydrogen-bond donors (Lipinski definition) is 1. The first kappa shape index (κ1) is 10.6. The number of hydrogen-bond acceptors (Lipinski definition) is 3. The van der Waals surface area contributed by atoms with Crippen LogP contribution in [0.4, 0.5) is 0 Å². The number of carbonyl (C=O) groups excluding carboxylic acids is 1. The zero-order valence-corrected chi connectivity index (χ0v) is 9.61. The fraction of sp³-hybridized carbons (Fsp3) is 0.364. The fourth-order valence-corrected chi connectivity index (χ4v) is 2.00. The SMILES string of the molecule is O=C1OC(CO)CC1c1ccc(Br)cc1. The van der Waals surface area contributed by atoms with E-state index in [1.165, 1.54) is 0 Å². The van der Waals surface area contributed by atoms with Gasteiger partial charge in [-0.05, 0) is 17.7 Å². The monoisotopic (exact) mass is 270 g/mol. The molecule has 1 aliphatic rings. The van der Waals surface area contributed by atoms with E-state index in [2.05, 4.69) is 15.9 Å². The summed E-state index contributed by atoms with van der Waals surface area (Å²) in [6, 6.07) is 7.59. The van der Waals surface area contributed by atoms with Gasteiger partial charge >= 0.3 is 5.97 Å². The topological polar surface area (TPSA) is 46.5 Å². The van der Waals surface area contributed by atoms with Gasteiger partial charge in [0.1, 0.15) is 6.10 Å². The summed E-state index contributed by atoms with van der Waals surface area (Å²) >= 11 is 3.34. The highest BCUT2D eigenvalue weighted by molar-refractivity contribution is 9.10. The molecule has 1 heterocycles. The molecule has 1 saturated heterocycles. The summed E-state index contributed by atoms with van der Waals surface area (Å²) in [5.41, 5.74) is 0.944. The third-order valence-electron chi connectivity index (χ3n) is 2.54. The molecule has 0 aliphatic carbocycles. The van der Waals surface area contributed by atoms with Gasteiger partial charge in [-0.2, -0.15) is 0 Å². The van der Waals surface area contributed by atoms with Crippen LogP contribution in [0, 0.1) is 0 Å². The summed E-state index contributed by atoms with van der Waals surface area (Å²) in [5.74, 6) is -0.466. The third kappa shape index (κ3) is 2.21. The second-order valence-electron chi connectivity index (χ2n) is 3.58. The second-order valence-corrected chi connectivity index (χ2v) is 4.50. The van der Waals surface area contributed by atoms with E-state index >= 15 is 0 Å². The fourth-order valence-electron chi connectivity index (χ4n) is 1.73. The Labute approximate surface area is 96.2 Å². The summed E-state index contributed by atoms with van der Waals surface area (Å²) in [5, 5.41) is 8.91. The van der Waals surface area contributed by atoms with Gasteiger partial charge in [-0.3, -0.25) is 4.79 Å². The highest BCUT2D eigenvalue weighted by Gasteiger charge is 2.34. The molecular weight excluding hydrogens is 260 g/mol. The van der Waals surface area contributed by atoms with Crippen LogP contribution in [0.1, 0.15) is 17.9 Å². The van der Waals surface area contributed by atoms with Crippen LogP contribution in [-0.2, 0) is 9.53 Å². The van der Waals surface area contributed by atoms with Gasteiger partial charge in [0.25, 0.3) is 0 Å². The van der Waals surface area contributed by atoms with Crippen molar-refractivity contribution in [1.29, 1.82) is 0 Å². The third-order valence-corrected chi connectivity index (χ3v) is 3.07. The molecule has 1 aromatic carbocycles. The van der Waals surface area contributed by atoms with Gasteiger partial charge in [0.2, 0.25) is 0 Å². The number of esters is 1. The van der Waals surface area contributed by atoms with Crippen LogP contribution < -0.4 is 0 Å². The van der Waals surface area contributed by atoms with E-state index < -0.39 is 0 Å². The predicted molar refractivity (Wildman–Crippen MR) is 58.5 cm³/mol. The van der Waals surface area contributed by atoms with Gasteiger partial charge < -0.3 is 9.84 Å². The Morgan fingerprint density at radius 1 is 1.40 bits per heavy atom. The molecular formula is C11H11BrO3. The lowest BCUT2D eigenvalue weighted by molar-refractivity contribution is -0.143. The van der Waals surface area contributed by atoms with Gasteiger partial charge in [-0.25, -0.2) is 0 Å². The average Bonchev–Trinajstić information content (AvgIpc) is 2.61. The Bertz CT molecular complexity index is 361. The van der Waals surface area contributed by atoms with Gasteiger partial charge in [0, 0.05) is 10.9 Å². The van der Waals surface area contributed by atoms with Crippen LogP contribution in [0.3, 0.4) is 0 Å². The highest BCUT2D eigenvalue weighted by atomic mass is 79.9. The molecule has 4 heteroatoms. The lowest BCUT2D eigenvalue weighted by Crippen LogP contribution is -2.10. The Morgan fingerprint density at radius 2 is 2.07 bits per heavy atom. The van der Waals surface area contributed by atoms with E-state index in [9.17, 15) is 4.79 Å². The molecule has 1 aliphatic heterocycles. The van der Waals surface area contributed by atoms with E-state index in [1.807, 2.05) is 24.3 Å². The van der Waals surface area contributed by atoms with Crippen LogP contribution in [-0.4, -0.2) is 23.8 Å². The summed E-state index contributed by atoms with van der Waals surface area (Å²) in [6.45, 7) is -0.0984. The molecule has 2 atom stereocenters. The number of aliphatic hydroxyl groups excluding tert-OH is 1. The summed E-state index contributed by atoms with van der Waals surface area (Å²) < 4.78 is 5.99. The first-order chi connectivity index (χ1) is 7.20. The van der Waals surface area contributed by atoms with Crippen molar-refractivity contribution >= 4 is 21.9 Å². The molecule has 15 heavy (non-hydrogen) atoms. The Balaban J connectivity index is 2.18. The lowest BCUT2D eigenvalue weighted by Gasteiger charge is -2.05. The lowest BCUT2D eigenvalue weighted by atomic mass is 9.96. The standard InChI is InChI=1S/C11H11BrO3/c12-8-3-1-7(2-4-8)10-5-9(6-13)15-11(10)14/h1-4,9-10,13H,5-6H2. The zero-order valence-electron chi connectivity index (χ0n) is 8.02. The van der Waals surface area contributed by atoms with Crippen LogP contribution in [0.15, 0.2) is 28.7 Å². The van der Waals surface area contributed by atoms with Gasteiger partial charge in [-0.1, -0.05) is 28.1 Å². The summed E-state index contributed by atoms with van der Waals surface area (Å²) in [6.07, 6.45) is 0.225. The molecule has 0 aromatic heterocycles. The maximum atomic E-state index is 11.5. The van der Waals surface area contributed by atoms with E-state index in [1.54, 1.807) is 0 Å². The van der Waals surface area contributed by atoms with Crippen LogP contribution in [0.5, 0.6) is 0 Å². The van der Waals surface area contributed by atoms with Crippen molar-refractivity contribution in [2.75, 3.05) is 6.61 Å². The Kier molecular flexibility index (Phi) is 3.07. The smallest absolute Gasteiger partial charge is 0.313 e. The minimum absolute atomic E-state index is 0.0984. The zero-order chi connectivity index (χ0) is 10.8. The molecule has 0 amide bonds. The molecule has 3 nitrogen and oxygen atoms in total. The molecule has 2 unspecified atom stereocenters. The average molecular weight is 271 g/mol. The minimum atomic E-state index is -0.342. The first-order valence-corrected chi connectivity index (χ1v) is 5.57. The van der Waals surface area contributed by atoms with Crippen LogP contribution in [0.2, 0.25) is 0 Å². The van der Waals surface area contributed by atoms with E-state index in [-0.39, 0.29) is 24.6 Å². The highest BCUT2D eigenvalue weighted by Crippen LogP contribution is 2.31. The molecule has 0 bridgehead atoms. The van der Waals surface area contributed by atoms with Crippen LogP contribution in [0.25, 0.3) is 0 Å². The normalized spacial score (nSPS) is 25.3. The van der Waals surface area contributed by atoms with Crippen molar-refractivity contribution in [2.24, 2.45) is 0 Å². The van der Waals surface area contributed by atoms with E-state index in [0.717, 1.165) is 10.0 Å². The predicted octanol–water partition coefficient (Wildman–Crippen LogP) is 1.84. The summed E-state index contributed by atoms with van der Waals surface area (Å²) in [4.78, 5) is 11.5. The van der Waals surface area contributed by atoms with Crippen molar-refractivity contribution in [1.82, 2.24) is 0 Å². The molecule has 0 radical (unpaired) electrons. The van der Waals surface area contributed by atoms with E-state index in [0.29, 0.717) is 6.42 Å². The number of ether oxygens (including phenoxy) is 1. The molecule has 1 N–H and O–H groups in total. The number of aliphatic hydroxyl groups is 1. The molecule has 2 rings (SSSR count). The number of rotatable bonds is 2. The van der Waals surface area contributed by atoms with Gasteiger partial charge in [0.15, 0.2) is 0 Å². The van der Waals surface area contributed by atoms with Crippen molar-refractivity contribution in [3.05, 3.63) is 34.3 Å². The maximum absolute atomic E-state index is 11.5. The second kappa shape index (κ2) is 4.33. The number of carbonyl (C=O) groups is 1. The Morgan fingerprint density at radius 3 is 2.60 bits per heavy atom. The van der Waals surface area contributed by atoms with Gasteiger partial charge in [0.05, 0.1) is 12.5 Å². The van der Waals surface area contributed by atoms with Crippen molar-refractivity contribution in [3.8, 4) is 0 Å². The van der Waals surface area contributed by atoms with E-state index in [4.69, 9.17) is 9.84 Å². The molecule has 80 valence electrons. The quantitative estimate of drug-likeness (QED) is 0.835. The molecule has 1 fully saturated rings. The Hall–Kier alpha value is -0.870. The molecule has 1 aromatic rings. The largest absolute Gasteiger partial charge is 0.459 e. The number of halogens is 1. The van der Waals surface area contributed by atoms with Gasteiger partial charge in [-0.15, -0.1) is 0 Å². The van der Waals surface area contributed by atoms with Crippen molar-refractivity contribution < 1.29 is 14.6 Å². The van der Waals surface area contributed by atoms with Crippen molar-refractivity contribution in [2.45, 2.75) is 18.4 Å². The first-order valence-electron chi connectivity index (χ1n) is 4.77. The summed E-state index contributed by atoms with van der Waals surface area (Å²) in [7, 11) is 0. The number of benzene rings is 1. The molecule has 0 spiro atoms. The maximum Gasteiger partial charge on any atom is 0.313 e. The van der Waals surface area contributed by atoms with Crippen molar-refractivity contribution in [3.63, 3.8) is 0 Å². The minimum Gasteiger partial charge on any atom is -0.459 e. The number of cyclic esters (lactones) is 1.